The van der Waals surface area contributed by atoms with Crippen molar-refractivity contribution in [3.8, 4) is 0 Å². The van der Waals surface area contributed by atoms with E-state index < -0.39 is 0 Å². The van der Waals surface area contributed by atoms with E-state index >= 15 is 0 Å². The Morgan fingerprint density at radius 1 is 1.32 bits per heavy atom. The molecule has 0 amide bonds. The Hall–Kier alpha value is -0.610. The van der Waals surface area contributed by atoms with Crippen LogP contribution in [0.2, 0.25) is 0 Å². The van der Waals surface area contributed by atoms with Gasteiger partial charge in [-0.2, -0.15) is 0 Å². The van der Waals surface area contributed by atoms with Gasteiger partial charge >= 0.3 is 5.97 Å². The van der Waals surface area contributed by atoms with Crippen molar-refractivity contribution in [2.75, 3.05) is 26.2 Å². The van der Waals surface area contributed by atoms with Crippen LogP contribution in [0.3, 0.4) is 0 Å². The molecule has 1 saturated heterocycles. The number of nitrogens with zero attached hydrogens (tertiary/aromatic N) is 1. The smallest absolute Gasteiger partial charge is 0.323 e. The summed E-state index contributed by atoms with van der Waals surface area (Å²) >= 11 is 0. The monoisotopic (exact) mass is 270 g/mol. The van der Waals surface area contributed by atoms with Gasteiger partial charge in [0.15, 0.2) is 0 Å². The zero-order valence-electron chi connectivity index (χ0n) is 12.9. The van der Waals surface area contributed by atoms with E-state index in [2.05, 4.69) is 31.0 Å². The Bertz CT molecular complexity index is 261. The Labute approximate surface area is 117 Å². The van der Waals surface area contributed by atoms with E-state index in [1.54, 1.807) is 0 Å². The normalized spacial score (nSPS) is 19.6. The highest BCUT2D eigenvalue weighted by Gasteiger charge is 2.29. The van der Waals surface area contributed by atoms with Crippen LogP contribution in [0.5, 0.6) is 0 Å². The van der Waals surface area contributed by atoms with Crippen molar-refractivity contribution >= 4 is 5.97 Å². The van der Waals surface area contributed by atoms with Gasteiger partial charge in [0.05, 0.1) is 6.61 Å². The maximum absolute atomic E-state index is 11.9. The number of esters is 1. The predicted molar refractivity (Wildman–Crippen MR) is 78.1 cm³/mol. The van der Waals surface area contributed by atoms with Gasteiger partial charge in [-0.15, -0.1) is 0 Å². The lowest BCUT2D eigenvalue weighted by atomic mass is 9.95. The molecule has 112 valence electrons. The molecule has 4 heteroatoms. The maximum atomic E-state index is 11.9. The second-order valence-electron chi connectivity index (χ2n) is 5.72. The number of nitrogens with one attached hydrogen (secondary N) is 1. The molecule has 1 aliphatic rings. The van der Waals surface area contributed by atoms with E-state index in [4.69, 9.17) is 4.74 Å². The fourth-order valence-corrected chi connectivity index (χ4v) is 2.68. The van der Waals surface area contributed by atoms with E-state index in [0.717, 1.165) is 32.0 Å². The van der Waals surface area contributed by atoms with Gasteiger partial charge in [-0.25, -0.2) is 0 Å². The van der Waals surface area contributed by atoms with Crippen LogP contribution in [-0.2, 0) is 9.53 Å². The maximum Gasteiger partial charge on any atom is 0.323 e. The predicted octanol–water partition coefficient (Wildman–Crippen LogP) is 2.04. The number of rotatable bonds is 7. The fourth-order valence-electron chi connectivity index (χ4n) is 2.68. The SMILES string of the molecule is CCOC(=O)C(CC)N1CCC(CNC(C)C)CC1. The van der Waals surface area contributed by atoms with Gasteiger partial charge in [-0.1, -0.05) is 20.8 Å². The average Bonchev–Trinajstić information content (AvgIpc) is 2.39. The van der Waals surface area contributed by atoms with Crippen LogP contribution in [0.4, 0.5) is 0 Å². The van der Waals surface area contributed by atoms with Crippen molar-refractivity contribution in [3.63, 3.8) is 0 Å². The number of ether oxygens (including phenoxy) is 1. The highest BCUT2D eigenvalue weighted by molar-refractivity contribution is 5.75. The van der Waals surface area contributed by atoms with Crippen molar-refractivity contribution < 1.29 is 9.53 Å². The minimum absolute atomic E-state index is 0.0426. The quantitative estimate of drug-likeness (QED) is 0.719. The molecule has 1 heterocycles. The van der Waals surface area contributed by atoms with Crippen molar-refractivity contribution in [2.45, 2.75) is 59.0 Å². The minimum Gasteiger partial charge on any atom is -0.465 e. The second kappa shape index (κ2) is 8.54. The molecule has 1 fully saturated rings. The summed E-state index contributed by atoms with van der Waals surface area (Å²) in [4.78, 5) is 14.2. The molecule has 0 spiro atoms. The first-order valence-electron chi connectivity index (χ1n) is 7.72. The molecule has 0 aromatic rings. The standard InChI is InChI=1S/C15H30N2O2/c1-5-14(15(18)19-6-2)17-9-7-13(8-10-17)11-16-12(3)4/h12-14,16H,5-11H2,1-4H3. The summed E-state index contributed by atoms with van der Waals surface area (Å²) in [5.41, 5.74) is 0. The first-order chi connectivity index (χ1) is 9.08. The Kier molecular flexibility index (Phi) is 7.39. The van der Waals surface area contributed by atoms with Crippen LogP contribution >= 0.6 is 0 Å². The molecule has 0 bridgehead atoms. The van der Waals surface area contributed by atoms with Crippen molar-refractivity contribution in [1.82, 2.24) is 10.2 Å². The molecule has 0 saturated carbocycles. The Morgan fingerprint density at radius 3 is 2.42 bits per heavy atom. The third-order valence-electron chi connectivity index (χ3n) is 3.85. The number of carbonyl (C=O) groups is 1. The van der Waals surface area contributed by atoms with Gasteiger partial charge in [0.25, 0.3) is 0 Å². The molecule has 1 aliphatic heterocycles. The molecule has 4 nitrogen and oxygen atoms in total. The second-order valence-corrected chi connectivity index (χ2v) is 5.72. The fraction of sp³-hybridized carbons (Fsp3) is 0.933. The van der Waals surface area contributed by atoms with E-state index in [1.165, 1.54) is 12.8 Å². The molecule has 19 heavy (non-hydrogen) atoms. The molecular formula is C15H30N2O2. The van der Waals surface area contributed by atoms with Crippen LogP contribution < -0.4 is 5.32 Å². The summed E-state index contributed by atoms with van der Waals surface area (Å²) in [5, 5.41) is 3.51. The van der Waals surface area contributed by atoms with Gasteiger partial charge in [0.2, 0.25) is 0 Å². The highest BCUT2D eigenvalue weighted by Crippen LogP contribution is 2.20. The first kappa shape index (κ1) is 16.4. The van der Waals surface area contributed by atoms with E-state index in [0.29, 0.717) is 12.6 Å². The Morgan fingerprint density at radius 2 is 1.95 bits per heavy atom. The molecule has 1 N–H and O–H groups in total. The van der Waals surface area contributed by atoms with Gasteiger partial charge in [-0.05, 0) is 51.7 Å². The number of hydrogen-bond donors (Lipinski definition) is 1. The van der Waals surface area contributed by atoms with Crippen LogP contribution in [0.25, 0.3) is 0 Å². The average molecular weight is 270 g/mol. The van der Waals surface area contributed by atoms with Crippen molar-refractivity contribution in [2.24, 2.45) is 5.92 Å². The Balaban J connectivity index is 2.36. The van der Waals surface area contributed by atoms with Crippen molar-refractivity contribution in [3.05, 3.63) is 0 Å². The number of carbonyl (C=O) groups excluding carboxylic acids is 1. The molecule has 0 aromatic carbocycles. The zero-order valence-corrected chi connectivity index (χ0v) is 12.9. The summed E-state index contributed by atoms with van der Waals surface area (Å²) in [5.74, 6) is 0.696. The van der Waals surface area contributed by atoms with Gasteiger partial charge in [0.1, 0.15) is 6.04 Å². The van der Waals surface area contributed by atoms with Crippen LogP contribution in [0, 0.1) is 5.92 Å². The number of piperidine rings is 1. The molecular weight excluding hydrogens is 240 g/mol. The molecule has 0 aliphatic carbocycles. The molecule has 0 aromatic heterocycles. The highest BCUT2D eigenvalue weighted by atomic mass is 16.5. The topological polar surface area (TPSA) is 41.6 Å². The summed E-state index contributed by atoms with van der Waals surface area (Å²) in [7, 11) is 0. The van der Waals surface area contributed by atoms with Gasteiger partial charge in [0, 0.05) is 6.04 Å². The molecule has 0 radical (unpaired) electrons. The molecule has 1 rings (SSSR count). The van der Waals surface area contributed by atoms with E-state index in [1.807, 2.05) is 6.92 Å². The van der Waals surface area contributed by atoms with E-state index in [9.17, 15) is 4.79 Å². The van der Waals surface area contributed by atoms with Gasteiger partial charge in [-0.3, -0.25) is 9.69 Å². The first-order valence-corrected chi connectivity index (χ1v) is 7.72. The largest absolute Gasteiger partial charge is 0.465 e. The number of likely N-dealkylation sites (tertiary alicyclic amines) is 1. The lowest BCUT2D eigenvalue weighted by molar-refractivity contribution is -0.150. The third-order valence-corrected chi connectivity index (χ3v) is 3.85. The van der Waals surface area contributed by atoms with Crippen LogP contribution in [-0.4, -0.2) is 49.2 Å². The van der Waals surface area contributed by atoms with Crippen LogP contribution in [0.1, 0.15) is 47.0 Å². The summed E-state index contributed by atoms with van der Waals surface area (Å²) in [6.07, 6.45) is 3.19. The number of hydrogen-bond acceptors (Lipinski definition) is 4. The van der Waals surface area contributed by atoms with E-state index in [-0.39, 0.29) is 12.0 Å². The van der Waals surface area contributed by atoms with Crippen molar-refractivity contribution in [1.29, 1.82) is 0 Å². The minimum atomic E-state index is -0.0521. The summed E-state index contributed by atoms with van der Waals surface area (Å²) in [6, 6.07) is 0.514. The summed E-state index contributed by atoms with van der Waals surface area (Å²) < 4.78 is 5.16. The third kappa shape index (κ3) is 5.49. The summed E-state index contributed by atoms with van der Waals surface area (Å²) in [6.45, 7) is 11.9. The lowest BCUT2D eigenvalue weighted by Gasteiger charge is -2.36. The van der Waals surface area contributed by atoms with Crippen LogP contribution in [0.15, 0.2) is 0 Å². The molecule has 1 unspecified atom stereocenters. The lowest BCUT2D eigenvalue weighted by Crippen LogP contribution is -2.47. The zero-order chi connectivity index (χ0) is 14.3. The van der Waals surface area contributed by atoms with Gasteiger partial charge < -0.3 is 10.1 Å². The molecule has 1 atom stereocenters.